The molecule has 0 aromatic heterocycles. The van der Waals surface area contributed by atoms with Crippen LogP contribution in [0.1, 0.15) is 34.6 Å². The summed E-state index contributed by atoms with van der Waals surface area (Å²) in [6.07, 6.45) is 0. The van der Waals surface area contributed by atoms with Crippen molar-refractivity contribution in [2.45, 2.75) is 34.6 Å². The van der Waals surface area contributed by atoms with Gasteiger partial charge in [-0.2, -0.15) is 0 Å². The quantitative estimate of drug-likeness (QED) is 0.660. The minimum absolute atomic E-state index is 0.0578. The number of rotatable bonds is 1. The van der Waals surface area contributed by atoms with Crippen LogP contribution in [0.3, 0.4) is 0 Å². The summed E-state index contributed by atoms with van der Waals surface area (Å²) in [5.41, 5.74) is 0.0578. The number of nitrogens with one attached hydrogen (secondary N) is 1. The molecule has 1 heterocycles. The molecule has 0 amide bonds. The highest BCUT2D eigenvalue weighted by atomic mass is 15.2. The average molecular weight is 181 g/mol. The molecule has 1 aliphatic heterocycles. The van der Waals surface area contributed by atoms with Crippen LogP contribution in [0.15, 0.2) is 9.98 Å². The van der Waals surface area contributed by atoms with Crippen molar-refractivity contribution in [1.29, 1.82) is 0 Å². The minimum atomic E-state index is 0.0578. The third-order valence-corrected chi connectivity index (χ3v) is 1.93. The summed E-state index contributed by atoms with van der Waals surface area (Å²) in [6.45, 7) is 11.4. The molecule has 0 spiro atoms. The molecule has 3 nitrogen and oxygen atoms in total. The average Bonchev–Trinajstić information content (AvgIpc) is 2.03. The molecule has 0 aromatic carbocycles. The normalized spacial score (nSPS) is 18.0. The van der Waals surface area contributed by atoms with Crippen molar-refractivity contribution in [3.8, 4) is 0 Å². The van der Waals surface area contributed by atoms with Crippen LogP contribution in [-0.2, 0) is 0 Å². The highest BCUT2D eigenvalue weighted by Gasteiger charge is 2.21. The van der Waals surface area contributed by atoms with Crippen LogP contribution < -0.4 is 5.32 Å². The van der Waals surface area contributed by atoms with Gasteiger partial charge in [-0.1, -0.05) is 34.6 Å². The van der Waals surface area contributed by atoms with Gasteiger partial charge in [0.05, 0.1) is 0 Å². The number of nitrogens with zero attached hydrogens (tertiary/aromatic N) is 2. The van der Waals surface area contributed by atoms with Crippen LogP contribution >= 0.6 is 0 Å². The second kappa shape index (κ2) is 3.48. The Balaban J connectivity index is 2.85. The number of aliphatic imine (C=N–C) groups is 2. The van der Waals surface area contributed by atoms with Gasteiger partial charge < -0.3 is 5.32 Å². The SMILES string of the molecule is CC(C)C1=NC(C(C)(C)C)=NCN1. The van der Waals surface area contributed by atoms with Gasteiger partial charge in [0.2, 0.25) is 0 Å². The molecule has 13 heavy (non-hydrogen) atoms. The van der Waals surface area contributed by atoms with E-state index in [-0.39, 0.29) is 5.41 Å². The fourth-order valence-corrected chi connectivity index (χ4v) is 1.12. The molecule has 0 radical (unpaired) electrons. The van der Waals surface area contributed by atoms with Gasteiger partial charge in [0.25, 0.3) is 0 Å². The zero-order valence-electron chi connectivity index (χ0n) is 9.18. The zero-order chi connectivity index (χ0) is 10.1. The zero-order valence-corrected chi connectivity index (χ0v) is 9.18. The van der Waals surface area contributed by atoms with E-state index in [1.54, 1.807) is 0 Å². The molecule has 0 unspecified atom stereocenters. The Bertz CT molecular complexity index is 243. The summed E-state index contributed by atoms with van der Waals surface area (Å²) < 4.78 is 0. The molecule has 74 valence electrons. The predicted octanol–water partition coefficient (Wildman–Crippen LogP) is 2.05. The predicted molar refractivity (Wildman–Crippen MR) is 57.2 cm³/mol. The Labute approximate surface area is 80.4 Å². The van der Waals surface area contributed by atoms with Crippen molar-refractivity contribution < 1.29 is 0 Å². The molecule has 0 bridgehead atoms. The third-order valence-electron chi connectivity index (χ3n) is 1.93. The lowest BCUT2D eigenvalue weighted by Gasteiger charge is -2.24. The topological polar surface area (TPSA) is 36.8 Å². The first-order chi connectivity index (χ1) is 5.91. The molecule has 0 aliphatic carbocycles. The molecule has 0 fully saturated rings. The largest absolute Gasteiger partial charge is 0.354 e. The van der Waals surface area contributed by atoms with E-state index in [1.807, 2.05) is 0 Å². The molecule has 1 N–H and O–H groups in total. The van der Waals surface area contributed by atoms with Gasteiger partial charge in [-0.3, -0.25) is 0 Å². The Hall–Kier alpha value is -0.860. The molecule has 0 atom stereocenters. The molecule has 3 heteroatoms. The van der Waals surface area contributed by atoms with E-state index in [2.05, 4.69) is 49.9 Å². The van der Waals surface area contributed by atoms with E-state index < -0.39 is 0 Å². The highest BCUT2D eigenvalue weighted by Crippen LogP contribution is 2.18. The number of hydrogen-bond donors (Lipinski definition) is 1. The van der Waals surface area contributed by atoms with E-state index in [0.29, 0.717) is 12.6 Å². The summed E-state index contributed by atoms with van der Waals surface area (Å²) in [6, 6.07) is 0. The molecule has 0 aromatic rings. The molecule has 0 saturated carbocycles. The van der Waals surface area contributed by atoms with Gasteiger partial charge in [0, 0.05) is 11.3 Å². The molecular weight excluding hydrogens is 162 g/mol. The Morgan fingerprint density at radius 3 is 2.38 bits per heavy atom. The highest BCUT2D eigenvalue weighted by molar-refractivity contribution is 6.01. The van der Waals surface area contributed by atoms with Crippen molar-refractivity contribution >= 4 is 11.7 Å². The van der Waals surface area contributed by atoms with E-state index in [9.17, 15) is 0 Å². The van der Waals surface area contributed by atoms with Crippen LogP contribution in [0, 0.1) is 11.3 Å². The van der Waals surface area contributed by atoms with Crippen LogP contribution in [-0.4, -0.2) is 18.3 Å². The van der Waals surface area contributed by atoms with Crippen molar-refractivity contribution in [2.75, 3.05) is 6.67 Å². The maximum Gasteiger partial charge on any atom is 0.132 e. The lowest BCUT2D eigenvalue weighted by molar-refractivity contribution is 0.575. The number of amidine groups is 2. The van der Waals surface area contributed by atoms with Crippen LogP contribution in [0.2, 0.25) is 0 Å². The Kier molecular flexibility index (Phi) is 2.74. The number of hydrogen-bond acceptors (Lipinski definition) is 3. The first kappa shape index (κ1) is 10.2. The fraction of sp³-hybridized carbons (Fsp3) is 0.800. The molecule has 0 saturated heterocycles. The molecular formula is C10H19N3. The summed E-state index contributed by atoms with van der Waals surface area (Å²) >= 11 is 0. The van der Waals surface area contributed by atoms with Gasteiger partial charge in [-0.25, -0.2) is 9.98 Å². The van der Waals surface area contributed by atoms with Crippen LogP contribution in [0.25, 0.3) is 0 Å². The smallest absolute Gasteiger partial charge is 0.132 e. The van der Waals surface area contributed by atoms with E-state index in [0.717, 1.165) is 11.7 Å². The minimum Gasteiger partial charge on any atom is -0.354 e. The second-order valence-electron chi connectivity index (χ2n) is 4.72. The molecule has 1 rings (SSSR count). The Morgan fingerprint density at radius 2 is 1.92 bits per heavy atom. The van der Waals surface area contributed by atoms with Gasteiger partial charge in [0.1, 0.15) is 18.3 Å². The van der Waals surface area contributed by atoms with E-state index >= 15 is 0 Å². The lowest BCUT2D eigenvalue weighted by Crippen LogP contribution is -2.36. The van der Waals surface area contributed by atoms with Gasteiger partial charge in [-0.15, -0.1) is 0 Å². The van der Waals surface area contributed by atoms with Gasteiger partial charge >= 0.3 is 0 Å². The standard InChI is InChI=1S/C10H19N3/c1-7(2)8-11-6-12-9(13-8)10(3,4)5/h7H,6H2,1-5H3,(H,11,12,13). The maximum absolute atomic E-state index is 4.51. The summed E-state index contributed by atoms with van der Waals surface area (Å²) in [5, 5.41) is 3.18. The van der Waals surface area contributed by atoms with Gasteiger partial charge in [-0.05, 0) is 0 Å². The first-order valence-electron chi connectivity index (χ1n) is 4.78. The summed E-state index contributed by atoms with van der Waals surface area (Å²) in [7, 11) is 0. The third kappa shape index (κ3) is 2.54. The van der Waals surface area contributed by atoms with Crippen LogP contribution in [0.5, 0.6) is 0 Å². The maximum atomic E-state index is 4.51. The van der Waals surface area contributed by atoms with Crippen molar-refractivity contribution in [2.24, 2.45) is 21.3 Å². The second-order valence-corrected chi connectivity index (χ2v) is 4.72. The summed E-state index contributed by atoms with van der Waals surface area (Å²) in [4.78, 5) is 8.86. The summed E-state index contributed by atoms with van der Waals surface area (Å²) in [5.74, 6) is 2.46. The van der Waals surface area contributed by atoms with Gasteiger partial charge in [0.15, 0.2) is 0 Å². The van der Waals surface area contributed by atoms with E-state index in [4.69, 9.17) is 0 Å². The van der Waals surface area contributed by atoms with Crippen molar-refractivity contribution in [3.63, 3.8) is 0 Å². The lowest BCUT2D eigenvalue weighted by atomic mass is 9.95. The first-order valence-corrected chi connectivity index (χ1v) is 4.78. The monoisotopic (exact) mass is 181 g/mol. The van der Waals surface area contributed by atoms with Crippen LogP contribution in [0.4, 0.5) is 0 Å². The fourth-order valence-electron chi connectivity index (χ4n) is 1.12. The molecule has 1 aliphatic rings. The Morgan fingerprint density at radius 1 is 1.31 bits per heavy atom. The van der Waals surface area contributed by atoms with Crippen molar-refractivity contribution in [1.82, 2.24) is 5.32 Å². The van der Waals surface area contributed by atoms with Crippen molar-refractivity contribution in [3.05, 3.63) is 0 Å². The van der Waals surface area contributed by atoms with E-state index in [1.165, 1.54) is 0 Å².